The van der Waals surface area contributed by atoms with E-state index in [1.165, 1.54) is 6.92 Å². The van der Waals surface area contributed by atoms with Crippen molar-refractivity contribution in [1.82, 2.24) is 5.10 Å². The van der Waals surface area contributed by atoms with Crippen LogP contribution in [-0.4, -0.2) is 16.8 Å². The molecule has 0 saturated heterocycles. The van der Waals surface area contributed by atoms with Gasteiger partial charge in [-0.2, -0.15) is 0 Å². The van der Waals surface area contributed by atoms with Gasteiger partial charge in [0.2, 0.25) is 6.20 Å². The molecule has 0 aliphatic rings. The van der Waals surface area contributed by atoms with Gasteiger partial charge in [0.25, 0.3) is 12.5 Å². The van der Waals surface area contributed by atoms with Gasteiger partial charge in [0, 0.05) is 22.0 Å². The number of fused-ring (bicyclic) bond motifs is 1. The average Bonchev–Trinajstić information content (AvgIpc) is 2.55. The molecule has 3 rings (SSSR count). The fraction of sp³-hybridized carbons (Fsp3) is 0.111. The second-order valence-corrected chi connectivity index (χ2v) is 5.28. The Morgan fingerprint density at radius 1 is 1.04 bits per heavy atom. The predicted molar refractivity (Wildman–Crippen MR) is 87.0 cm³/mol. The number of nitrogens with one attached hydrogen (secondary N) is 1. The summed E-state index contributed by atoms with van der Waals surface area (Å²) in [6, 6.07) is 14.7. The van der Waals surface area contributed by atoms with Crippen molar-refractivity contribution >= 4 is 28.2 Å². The maximum absolute atomic E-state index is 12.1. The minimum atomic E-state index is -0.173. The van der Waals surface area contributed by atoms with Crippen molar-refractivity contribution in [2.24, 2.45) is 0 Å². The molecule has 2 aromatic carbocycles. The molecule has 3 aromatic rings. The van der Waals surface area contributed by atoms with E-state index in [2.05, 4.69) is 10.4 Å². The van der Waals surface area contributed by atoms with Crippen LogP contribution in [0.5, 0.6) is 0 Å². The summed E-state index contributed by atoms with van der Waals surface area (Å²) in [6.07, 6.45) is 3.58. The molecule has 0 radical (unpaired) electrons. The molecule has 122 valence electrons. The number of benzene rings is 2. The quantitative estimate of drug-likeness (QED) is 0.339. The number of amides is 1. The van der Waals surface area contributed by atoms with E-state index in [4.69, 9.17) is 0 Å². The molecule has 5 nitrogen and oxygen atoms in total. The van der Waals surface area contributed by atoms with Gasteiger partial charge < -0.3 is 29.3 Å². The monoisotopic (exact) mass is 433 g/mol. The Balaban J connectivity index is 0.00000208. The van der Waals surface area contributed by atoms with Crippen LogP contribution in [0.1, 0.15) is 17.3 Å². The lowest BCUT2D eigenvalue weighted by Crippen LogP contribution is -3.00. The lowest BCUT2D eigenvalue weighted by atomic mass is 10.1. The summed E-state index contributed by atoms with van der Waals surface area (Å²) in [4.78, 5) is 23.3. The minimum absolute atomic E-state index is 0. The Labute approximate surface area is 156 Å². The first-order valence-electron chi connectivity index (χ1n) is 7.27. The van der Waals surface area contributed by atoms with Gasteiger partial charge in [-0.15, -0.1) is 0 Å². The second-order valence-electron chi connectivity index (χ2n) is 5.28. The van der Waals surface area contributed by atoms with E-state index in [1.54, 1.807) is 35.1 Å². The van der Waals surface area contributed by atoms with E-state index >= 15 is 0 Å². The third kappa shape index (κ3) is 4.35. The SMILES string of the molecule is CC(=O)c1ccc(NC(=O)C[n+]2cc3ccccc3cn2)cc1.[I-]. The van der Waals surface area contributed by atoms with Crippen molar-refractivity contribution in [3.05, 3.63) is 66.5 Å². The molecule has 1 aromatic heterocycles. The van der Waals surface area contributed by atoms with E-state index < -0.39 is 0 Å². The molecule has 0 aliphatic carbocycles. The van der Waals surface area contributed by atoms with Gasteiger partial charge in [-0.25, -0.2) is 0 Å². The van der Waals surface area contributed by atoms with E-state index in [0.29, 0.717) is 11.3 Å². The van der Waals surface area contributed by atoms with Crippen LogP contribution in [0.15, 0.2) is 60.9 Å². The fourth-order valence-electron chi connectivity index (χ4n) is 2.30. The number of nitrogens with zero attached hydrogens (tertiary/aromatic N) is 2. The van der Waals surface area contributed by atoms with Crippen LogP contribution in [0, 0.1) is 0 Å². The van der Waals surface area contributed by atoms with Crippen LogP contribution in [0.2, 0.25) is 0 Å². The number of carbonyl (C=O) groups is 2. The van der Waals surface area contributed by atoms with E-state index in [0.717, 1.165) is 10.8 Å². The molecule has 1 amide bonds. The molecule has 6 heteroatoms. The molecule has 0 atom stereocenters. The third-order valence-electron chi connectivity index (χ3n) is 3.51. The van der Waals surface area contributed by atoms with E-state index in [1.807, 2.05) is 30.5 Å². The first kappa shape index (κ1) is 18.0. The van der Waals surface area contributed by atoms with Crippen LogP contribution in [0.25, 0.3) is 10.8 Å². The van der Waals surface area contributed by atoms with E-state index in [9.17, 15) is 9.59 Å². The summed E-state index contributed by atoms with van der Waals surface area (Å²) in [5.74, 6) is -0.174. The summed E-state index contributed by atoms with van der Waals surface area (Å²) in [6.45, 7) is 1.63. The van der Waals surface area contributed by atoms with Crippen LogP contribution >= 0.6 is 0 Å². The average molecular weight is 433 g/mol. The zero-order chi connectivity index (χ0) is 16.2. The van der Waals surface area contributed by atoms with Crippen LogP contribution in [0.4, 0.5) is 5.69 Å². The van der Waals surface area contributed by atoms with Gasteiger partial charge in [0.05, 0.1) is 0 Å². The number of ketones is 1. The Morgan fingerprint density at radius 2 is 1.71 bits per heavy atom. The highest BCUT2D eigenvalue weighted by molar-refractivity contribution is 5.95. The largest absolute Gasteiger partial charge is 1.00 e. The van der Waals surface area contributed by atoms with Crippen LogP contribution in [0.3, 0.4) is 0 Å². The fourth-order valence-corrected chi connectivity index (χ4v) is 2.30. The van der Waals surface area contributed by atoms with E-state index in [-0.39, 0.29) is 42.2 Å². The third-order valence-corrected chi connectivity index (χ3v) is 3.51. The Morgan fingerprint density at radius 3 is 2.38 bits per heavy atom. The van der Waals surface area contributed by atoms with Gasteiger partial charge >= 0.3 is 0 Å². The lowest BCUT2D eigenvalue weighted by Gasteiger charge is -2.03. The summed E-state index contributed by atoms with van der Waals surface area (Å²) < 4.78 is 1.60. The lowest BCUT2D eigenvalue weighted by molar-refractivity contribution is -0.740. The van der Waals surface area contributed by atoms with Crippen molar-refractivity contribution in [1.29, 1.82) is 0 Å². The number of rotatable bonds is 4. The number of hydrogen-bond acceptors (Lipinski definition) is 3. The van der Waals surface area contributed by atoms with Gasteiger partial charge in [-0.1, -0.05) is 22.9 Å². The van der Waals surface area contributed by atoms with Crippen molar-refractivity contribution < 1.29 is 38.2 Å². The summed E-state index contributed by atoms with van der Waals surface area (Å²) in [5.41, 5.74) is 1.27. The zero-order valence-electron chi connectivity index (χ0n) is 13.1. The Bertz CT molecular complexity index is 879. The summed E-state index contributed by atoms with van der Waals surface area (Å²) >= 11 is 0. The molecule has 1 heterocycles. The van der Waals surface area contributed by atoms with Crippen molar-refractivity contribution in [3.63, 3.8) is 0 Å². The van der Waals surface area contributed by atoms with Crippen molar-refractivity contribution in [2.45, 2.75) is 13.5 Å². The maximum atomic E-state index is 12.1. The van der Waals surface area contributed by atoms with Crippen molar-refractivity contribution in [2.75, 3.05) is 5.32 Å². The minimum Gasteiger partial charge on any atom is -1.00 e. The molecule has 0 bridgehead atoms. The first-order chi connectivity index (χ1) is 11.1. The Kier molecular flexibility index (Phi) is 5.97. The maximum Gasteiger partial charge on any atom is 0.292 e. The molecular weight excluding hydrogens is 417 g/mol. The van der Waals surface area contributed by atoms with Crippen LogP contribution < -0.4 is 34.0 Å². The number of Topliss-reactive ketones (excluding diaryl/α,β-unsaturated/α-hetero) is 1. The number of carbonyl (C=O) groups excluding carboxylic acids is 2. The molecule has 0 fully saturated rings. The molecule has 0 saturated carbocycles. The number of anilines is 1. The van der Waals surface area contributed by atoms with Gasteiger partial charge in [-0.05, 0) is 42.4 Å². The topological polar surface area (TPSA) is 62.9 Å². The highest BCUT2D eigenvalue weighted by Crippen LogP contribution is 2.10. The number of aromatic nitrogens is 2. The molecular formula is C18H16IN3O2. The smallest absolute Gasteiger partial charge is 0.292 e. The number of hydrogen-bond donors (Lipinski definition) is 1. The molecule has 0 unspecified atom stereocenters. The van der Waals surface area contributed by atoms with Gasteiger partial charge in [0.1, 0.15) is 6.20 Å². The zero-order valence-corrected chi connectivity index (χ0v) is 15.2. The standard InChI is InChI=1S/C18H15N3O2.HI/c1-13(22)14-6-8-17(9-7-14)20-18(23)12-21-11-16-5-3-2-4-15(16)10-19-21;/h2-11H,12H2,1H3;1H. The Hall–Kier alpha value is -2.35. The molecule has 0 aliphatic heterocycles. The predicted octanol–water partition coefficient (Wildman–Crippen LogP) is -0.632. The summed E-state index contributed by atoms with van der Waals surface area (Å²) in [7, 11) is 0. The van der Waals surface area contributed by atoms with Crippen molar-refractivity contribution in [3.8, 4) is 0 Å². The van der Waals surface area contributed by atoms with Gasteiger partial charge in [0.15, 0.2) is 5.78 Å². The molecule has 24 heavy (non-hydrogen) atoms. The van der Waals surface area contributed by atoms with Gasteiger partial charge in [-0.3, -0.25) is 9.59 Å². The highest BCUT2D eigenvalue weighted by Gasteiger charge is 2.12. The molecule has 0 spiro atoms. The van der Waals surface area contributed by atoms with Crippen LogP contribution in [-0.2, 0) is 11.3 Å². The number of halogens is 1. The normalized spacial score (nSPS) is 10.0. The molecule has 1 N–H and O–H groups in total. The summed E-state index contributed by atoms with van der Waals surface area (Å²) in [5, 5.41) is 9.09. The second kappa shape index (κ2) is 7.96. The first-order valence-corrected chi connectivity index (χ1v) is 7.27. The highest BCUT2D eigenvalue weighted by atomic mass is 127.